The van der Waals surface area contributed by atoms with E-state index in [1.807, 2.05) is 6.92 Å². The second kappa shape index (κ2) is 7.17. The van der Waals surface area contributed by atoms with Crippen molar-refractivity contribution in [2.45, 2.75) is 103 Å². The van der Waals surface area contributed by atoms with E-state index in [1.165, 1.54) is 57.8 Å². The van der Waals surface area contributed by atoms with Crippen LogP contribution in [0.4, 0.5) is 0 Å². The molecule has 2 N–H and O–H groups in total. The zero-order valence-electron chi connectivity index (χ0n) is 18.0. The molecule has 7 atom stereocenters. The first-order valence-corrected chi connectivity index (χ1v) is 11.8. The highest BCUT2D eigenvalue weighted by atomic mass is 16.3. The second-order valence-corrected chi connectivity index (χ2v) is 11.3. The Hall–Kier alpha value is -0.340. The van der Waals surface area contributed by atoms with Gasteiger partial charge in [-0.15, -0.1) is 0 Å². The summed E-state index contributed by atoms with van der Waals surface area (Å²) in [6.45, 7) is 7.56. The Morgan fingerprint density at radius 2 is 1.78 bits per heavy atom. The van der Waals surface area contributed by atoms with Crippen LogP contribution in [0.1, 0.15) is 97.8 Å². The lowest BCUT2D eigenvalue weighted by atomic mass is 9.46. The summed E-state index contributed by atoms with van der Waals surface area (Å²) in [5, 5.41) is 19.7. The highest BCUT2D eigenvalue weighted by molar-refractivity contribution is 5.26. The number of hydrogen-bond donors (Lipinski definition) is 2. The first-order valence-electron chi connectivity index (χ1n) is 11.8. The molecule has 4 aliphatic carbocycles. The van der Waals surface area contributed by atoms with E-state index in [2.05, 4.69) is 19.9 Å². The van der Waals surface area contributed by atoms with Gasteiger partial charge in [-0.3, -0.25) is 0 Å². The molecule has 2 nitrogen and oxygen atoms in total. The van der Waals surface area contributed by atoms with Crippen LogP contribution in [0.15, 0.2) is 11.6 Å². The number of rotatable bonds is 5. The SMILES string of the molecule is CC12CC[C@](C)(O)CC1=CCC1C2CCC2(C)C(CCCCCO)CCC12. The first kappa shape index (κ1) is 20.0. The zero-order chi connectivity index (χ0) is 19.3. The van der Waals surface area contributed by atoms with Crippen LogP contribution in [0.2, 0.25) is 0 Å². The molecule has 0 saturated heterocycles. The average Bonchev–Trinajstić information content (AvgIpc) is 2.96. The lowest BCUT2D eigenvalue weighted by Gasteiger charge is -2.59. The number of aliphatic hydroxyl groups excluding tert-OH is 1. The molecule has 154 valence electrons. The van der Waals surface area contributed by atoms with E-state index in [9.17, 15) is 5.11 Å². The van der Waals surface area contributed by atoms with E-state index in [1.54, 1.807) is 5.57 Å². The van der Waals surface area contributed by atoms with Gasteiger partial charge in [0.25, 0.3) is 0 Å². The molecule has 0 heterocycles. The minimum atomic E-state index is -0.478. The van der Waals surface area contributed by atoms with Gasteiger partial charge < -0.3 is 10.2 Å². The van der Waals surface area contributed by atoms with Crippen molar-refractivity contribution >= 4 is 0 Å². The van der Waals surface area contributed by atoms with Crippen LogP contribution >= 0.6 is 0 Å². The third kappa shape index (κ3) is 3.33. The lowest BCUT2D eigenvalue weighted by molar-refractivity contribution is -0.0661. The van der Waals surface area contributed by atoms with Crippen LogP contribution in [0.25, 0.3) is 0 Å². The quantitative estimate of drug-likeness (QED) is 0.467. The van der Waals surface area contributed by atoms with Crippen molar-refractivity contribution in [3.05, 3.63) is 11.6 Å². The summed E-state index contributed by atoms with van der Waals surface area (Å²) in [5.41, 5.74) is 2.02. The molecule has 4 aliphatic rings. The van der Waals surface area contributed by atoms with Crippen molar-refractivity contribution < 1.29 is 10.2 Å². The highest BCUT2D eigenvalue weighted by Gasteiger charge is 2.58. The van der Waals surface area contributed by atoms with Crippen molar-refractivity contribution in [2.75, 3.05) is 6.61 Å². The minimum absolute atomic E-state index is 0.353. The summed E-state index contributed by atoms with van der Waals surface area (Å²) in [6.07, 6.45) is 17.5. The van der Waals surface area contributed by atoms with E-state index < -0.39 is 5.60 Å². The van der Waals surface area contributed by atoms with Crippen LogP contribution in [-0.2, 0) is 0 Å². The number of fused-ring (bicyclic) bond motifs is 5. The van der Waals surface area contributed by atoms with Crippen molar-refractivity contribution in [2.24, 2.45) is 34.5 Å². The van der Waals surface area contributed by atoms with E-state index in [-0.39, 0.29) is 0 Å². The fourth-order valence-corrected chi connectivity index (χ4v) is 8.07. The molecule has 3 saturated carbocycles. The summed E-state index contributed by atoms with van der Waals surface area (Å²) in [5.74, 6) is 3.55. The van der Waals surface area contributed by atoms with E-state index in [0.29, 0.717) is 17.4 Å². The minimum Gasteiger partial charge on any atom is -0.396 e. The Balaban J connectivity index is 1.50. The molecule has 0 radical (unpaired) electrons. The molecule has 0 aromatic rings. The number of hydrogen-bond acceptors (Lipinski definition) is 2. The predicted molar refractivity (Wildman–Crippen MR) is 111 cm³/mol. The number of unbranched alkanes of at least 4 members (excludes halogenated alkanes) is 2. The van der Waals surface area contributed by atoms with E-state index in [4.69, 9.17) is 5.11 Å². The van der Waals surface area contributed by atoms with Crippen molar-refractivity contribution in [3.63, 3.8) is 0 Å². The number of aliphatic hydroxyl groups is 2. The molecule has 0 aromatic heterocycles. The first-order chi connectivity index (χ1) is 12.8. The smallest absolute Gasteiger partial charge is 0.0657 e. The maximum atomic E-state index is 10.6. The van der Waals surface area contributed by atoms with Gasteiger partial charge in [0.1, 0.15) is 0 Å². The van der Waals surface area contributed by atoms with Crippen LogP contribution in [0, 0.1) is 34.5 Å². The largest absolute Gasteiger partial charge is 0.396 e. The van der Waals surface area contributed by atoms with Crippen LogP contribution in [0.3, 0.4) is 0 Å². The van der Waals surface area contributed by atoms with Gasteiger partial charge >= 0.3 is 0 Å². The maximum Gasteiger partial charge on any atom is 0.0657 e. The van der Waals surface area contributed by atoms with Crippen LogP contribution < -0.4 is 0 Å². The fraction of sp³-hybridized carbons (Fsp3) is 0.920. The highest BCUT2D eigenvalue weighted by Crippen LogP contribution is 2.67. The van der Waals surface area contributed by atoms with Gasteiger partial charge in [-0.1, -0.05) is 38.3 Å². The van der Waals surface area contributed by atoms with Gasteiger partial charge in [0.15, 0.2) is 0 Å². The Labute approximate surface area is 166 Å². The van der Waals surface area contributed by atoms with Gasteiger partial charge in [0.2, 0.25) is 0 Å². The van der Waals surface area contributed by atoms with Crippen LogP contribution in [0.5, 0.6) is 0 Å². The molecular weight excluding hydrogens is 332 g/mol. The molecule has 3 fully saturated rings. The molecule has 2 heteroatoms. The molecule has 0 aliphatic heterocycles. The lowest BCUT2D eigenvalue weighted by Crippen LogP contribution is -2.51. The average molecular weight is 375 g/mol. The van der Waals surface area contributed by atoms with Gasteiger partial charge in [-0.05, 0) is 106 Å². The van der Waals surface area contributed by atoms with Gasteiger partial charge in [0, 0.05) is 6.61 Å². The van der Waals surface area contributed by atoms with Crippen molar-refractivity contribution in [1.82, 2.24) is 0 Å². The Morgan fingerprint density at radius 3 is 2.56 bits per heavy atom. The topological polar surface area (TPSA) is 40.5 Å². The number of allylic oxidation sites excluding steroid dienone is 1. The normalized spacial score (nSPS) is 49.1. The summed E-state index contributed by atoms with van der Waals surface area (Å²) < 4.78 is 0. The molecule has 0 spiro atoms. The van der Waals surface area contributed by atoms with Crippen molar-refractivity contribution in [3.8, 4) is 0 Å². The Bertz CT molecular complexity index is 579. The summed E-state index contributed by atoms with van der Waals surface area (Å²) in [4.78, 5) is 0. The third-order valence-electron chi connectivity index (χ3n) is 9.79. The summed E-state index contributed by atoms with van der Waals surface area (Å²) in [7, 11) is 0. The fourth-order valence-electron chi connectivity index (χ4n) is 8.07. The van der Waals surface area contributed by atoms with Gasteiger partial charge in [-0.25, -0.2) is 0 Å². The molecule has 4 rings (SSSR count). The van der Waals surface area contributed by atoms with Crippen LogP contribution in [-0.4, -0.2) is 22.4 Å². The van der Waals surface area contributed by atoms with Gasteiger partial charge in [-0.2, -0.15) is 0 Å². The van der Waals surface area contributed by atoms with E-state index in [0.717, 1.165) is 42.9 Å². The monoisotopic (exact) mass is 374 g/mol. The summed E-state index contributed by atoms with van der Waals surface area (Å²) >= 11 is 0. The standard InChI is InChI=1S/C25H42O2/c1-23(27)14-15-25(3)19(17-23)8-10-20-21-11-9-18(7-5-4-6-16-26)24(21,2)13-12-22(20)25/h8,18,20-22,26-27H,4-7,9-17H2,1-3H3/t18?,20?,21?,22?,23-,24?,25?/m0/s1. The predicted octanol–water partition coefficient (Wildman–Crippen LogP) is 5.87. The molecule has 27 heavy (non-hydrogen) atoms. The molecule has 6 unspecified atom stereocenters. The van der Waals surface area contributed by atoms with E-state index >= 15 is 0 Å². The van der Waals surface area contributed by atoms with Gasteiger partial charge in [0.05, 0.1) is 5.60 Å². The summed E-state index contributed by atoms with van der Waals surface area (Å²) in [6, 6.07) is 0. The second-order valence-electron chi connectivity index (χ2n) is 11.3. The Morgan fingerprint density at radius 1 is 0.963 bits per heavy atom. The molecule has 0 bridgehead atoms. The Kier molecular flexibility index (Phi) is 5.30. The molecular formula is C25H42O2. The maximum absolute atomic E-state index is 10.6. The third-order valence-corrected chi connectivity index (χ3v) is 9.79. The molecule has 0 amide bonds. The molecule has 0 aromatic carbocycles. The zero-order valence-corrected chi connectivity index (χ0v) is 18.0. The van der Waals surface area contributed by atoms with Crippen molar-refractivity contribution in [1.29, 1.82) is 0 Å².